The highest BCUT2D eigenvalue weighted by Crippen LogP contribution is 2.30. The van der Waals surface area contributed by atoms with Crippen LogP contribution >= 0.6 is 15.9 Å². The maximum Gasteiger partial charge on any atom is 0.283 e. The van der Waals surface area contributed by atoms with Crippen LogP contribution in [0.4, 0.5) is 5.69 Å². The normalized spacial score (nSPS) is 14.0. The third kappa shape index (κ3) is 4.82. The smallest absolute Gasteiger partial charge is 0.283 e. The van der Waals surface area contributed by atoms with Crippen molar-refractivity contribution in [1.29, 1.82) is 0 Å². The topological polar surface area (TPSA) is 85.2 Å². The quantitative estimate of drug-likeness (QED) is 0.664. The molecule has 1 aliphatic rings. The molecule has 2 N–H and O–H groups in total. The van der Waals surface area contributed by atoms with Gasteiger partial charge in [-0.3, -0.25) is 9.59 Å². The van der Waals surface area contributed by atoms with E-state index >= 15 is 0 Å². The van der Waals surface area contributed by atoms with E-state index in [-0.39, 0.29) is 18.0 Å². The minimum atomic E-state index is -0.174. The van der Waals surface area contributed by atoms with E-state index in [2.05, 4.69) is 31.7 Å². The fraction of sp³-hybridized carbons (Fsp3) is 0.615. The van der Waals surface area contributed by atoms with Gasteiger partial charge in [-0.25, -0.2) is 4.68 Å². The van der Waals surface area contributed by atoms with Crippen molar-refractivity contribution in [2.75, 3.05) is 32.1 Å². The van der Waals surface area contributed by atoms with Gasteiger partial charge in [0.15, 0.2) is 0 Å². The van der Waals surface area contributed by atoms with Gasteiger partial charge in [-0.1, -0.05) is 0 Å². The van der Waals surface area contributed by atoms with Crippen molar-refractivity contribution in [1.82, 2.24) is 15.1 Å². The van der Waals surface area contributed by atoms with E-state index in [0.717, 1.165) is 12.8 Å². The Labute approximate surface area is 131 Å². The maximum absolute atomic E-state index is 12.1. The zero-order valence-corrected chi connectivity index (χ0v) is 13.5. The summed E-state index contributed by atoms with van der Waals surface area (Å²) in [6.07, 6.45) is 3.89. The number of nitrogens with zero attached hydrogens (tertiary/aromatic N) is 2. The van der Waals surface area contributed by atoms with Crippen LogP contribution in [0.5, 0.6) is 0 Å². The van der Waals surface area contributed by atoms with Crippen LogP contribution in [-0.4, -0.2) is 42.5 Å². The molecule has 1 saturated carbocycles. The molecule has 116 valence electrons. The van der Waals surface area contributed by atoms with Crippen LogP contribution in [0.1, 0.15) is 12.8 Å². The van der Waals surface area contributed by atoms with Crippen LogP contribution in [0.2, 0.25) is 0 Å². The number of ether oxygens (including phenoxy) is 1. The van der Waals surface area contributed by atoms with Gasteiger partial charge in [-0.15, -0.1) is 0 Å². The zero-order chi connectivity index (χ0) is 15.2. The highest BCUT2D eigenvalue weighted by atomic mass is 79.9. The Balaban J connectivity index is 1.89. The summed E-state index contributed by atoms with van der Waals surface area (Å²) in [6.45, 7) is 1.67. The van der Waals surface area contributed by atoms with Crippen molar-refractivity contribution in [3.8, 4) is 0 Å². The van der Waals surface area contributed by atoms with Crippen molar-refractivity contribution < 1.29 is 9.53 Å². The van der Waals surface area contributed by atoms with Crippen molar-refractivity contribution in [3.05, 3.63) is 21.0 Å². The molecule has 1 aromatic heterocycles. The van der Waals surface area contributed by atoms with Gasteiger partial charge in [-0.05, 0) is 34.7 Å². The van der Waals surface area contributed by atoms with Crippen LogP contribution in [0.15, 0.2) is 15.5 Å². The highest BCUT2D eigenvalue weighted by Gasteiger charge is 2.23. The van der Waals surface area contributed by atoms with Crippen molar-refractivity contribution in [2.24, 2.45) is 5.92 Å². The molecule has 0 spiro atoms. The highest BCUT2D eigenvalue weighted by molar-refractivity contribution is 9.10. The van der Waals surface area contributed by atoms with Gasteiger partial charge in [0.1, 0.15) is 4.47 Å². The molecule has 21 heavy (non-hydrogen) atoms. The number of aromatic nitrogens is 2. The summed E-state index contributed by atoms with van der Waals surface area (Å²) in [7, 11) is 1.57. The second kappa shape index (κ2) is 7.56. The SMILES string of the molecule is COCCNC(=O)CNc1cnn(CC2CC2)c(=O)c1Br. The first-order chi connectivity index (χ1) is 10.1. The van der Waals surface area contributed by atoms with Crippen molar-refractivity contribution in [2.45, 2.75) is 19.4 Å². The molecular formula is C13H19BrN4O3. The number of nitrogens with one attached hydrogen (secondary N) is 2. The van der Waals surface area contributed by atoms with E-state index in [1.807, 2.05) is 0 Å². The molecule has 1 fully saturated rings. The molecule has 1 aliphatic carbocycles. The van der Waals surface area contributed by atoms with Gasteiger partial charge in [0.25, 0.3) is 5.56 Å². The summed E-state index contributed by atoms with van der Waals surface area (Å²) in [4.78, 5) is 23.7. The van der Waals surface area contributed by atoms with E-state index in [0.29, 0.717) is 35.8 Å². The molecule has 7 nitrogen and oxygen atoms in total. The summed E-state index contributed by atoms with van der Waals surface area (Å²) >= 11 is 3.27. The van der Waals surface area contributed by atoms with Crippen LogP contribution in [-0.2, 0) is 16.1 Å². The Morgan fingerprint density at radius 2 is 2.33 bits per heavy atom. The lowest BCUT2D eigenvalue weighted by molar-refractivity contribution is -0.119. The number of hydrogen-bond acceptors (Lipinski definition) is 5. The summed E-state index contributed by atoms with van der Waals surface area (Å²) in [5.74, 6) is 0.411. The number of halogens is 1. The Kier molecular flexibility index (Phi) is 5.75. The molecule has 2 rings (SSSR count). The molecule has 1 aromatic rings. The number of methoxy groups -OCH3 is 1. The Bertz CT molecular complexity index is 557. The summed E-state index contributed by atoms with van der Waals surface area (Å²) < 4.78 is 6.71. The molecule has 0 aromatic carbocycles. The summed E-state index contributed by atoms with van der Waals surface area (Å²) in [6, 6.07) is 0. The van der Waals surface area contributed by atoms with Crippen molar-refractivity contribution in [3.63, 3.8) is 0 Å². The first kappa shape index (κ1) is 16.0. The third-order valence-electron chi connectivity index (χ3n) is 3.18. The second-order valence-corrected chi connectivity index (χ2v) is 5.79. The fourth-order valence-electron chi connectivity index (χ4n) is 1.79. The van der Waals surface area contributed by atoms with Crippen LogP contribution in [0.3, 0.4) is 0 Å². The van der Waals surface area contributed by atoms with Gasteiger partial charge in [0.2, 0.25) is 5.91 Å². The van der Waals surface area contributed by atoms with E-state index in [9.17, 15) is 9.59 Å². The van der Waals surface area contributed by atoms with E-state index in [4.69, 9.17) is 4.74 Å². The predicted molar refractivity (Wildman–Crippen MR) is 82.3 cm³/mol. The zero-order valence-electron chi connectivity index (χ0n) is 11.9. The number of amides is 1. The number of carbonyl (C=O) groups excluding carboxylic acids is 1. The average molecular weight is 359 g/mol. The monoisotopic (exact) mass is 358 g/mol. The van der Waals surface area contributed by atoms with Gasteiger partial charge in [-0.2, -0.15) is 5.10 Å². The second-order valence-electron chi connectivity index (χ2n) is 5.00. The average Bonchev–Trinajstić information content (AvgIpc) is 3.27. The molecule has 0 radical (unpaired) electrons. The van der Waals surface area contributed by atoms with Gasteiger partial charge in [0, 0.05) is 20.2 Å². The van der Waals surface area contributed by atoms with E-state index in [1.165, 1.54) is 4.68 Å². The van der Waals surface area contributed by atoms with Crippen LogP contribution < -0.4 is 16.2 Å². The minimum absolute atomic E-state index is 0.0794. The Hall–Kier alpha value is -1.41. The van der Waals surface area contributed by atoms with Gasteiger partial charge < -0.3 is 15.4 Å². The third-order valence-corrected chi connectivity index (χ3v) is 3.95. The molecule has 1 amide bonds. The lowest BCUT2D eigenvalue weighted by Crippen LogP contribution is -2.33. The largest absolute Gasteiger partial charge is 0.383 e. The Morgan fingerprint density at radius 3 is 3.00 bits per heavy atom. The fourth-order valence-corrected chi connectivity index (χ4v) is 2.24. The standard InChI is InChI=1S/C13H19BrN4O3/c1-21-5-4-15-11(19)7-16-10-6-17-18(8-9-2-3-9)13(20)12(10)14/h6,9,16H,2-5,7-8H2,1H3,(H,15,19). The molecule has 8 heteroatoms. The van der Waals surface area contributed by atoms with Gasteiger partial charge >= 0.3 is 0 Å². The first-order valence-electron chi connectivity index (χ1n) is 6.87. The Morgan fingerprint density at radius 1 is 1.57 bits per heavy atom. The van der Waals surface area contributed by atoms with E-state index in [1.54, 1.807) is 13.3 Å². The molecule has 0 unspecified atom stereocenters. The summed E-state index contributed by atoms with van der Waals surface area (Å²) in [5, 5.41) is 9.72. The van der Waals surface area contributed by atoms with Crippen molar-refractivity contribution >= 4 is 27.5 Å². The lowest BCUT2D eigenvalue weighted by atomic mass is 10.4. The van der Waals surface area contributed by atoms with Crippen LogP contribution in [0.25, 0.3) is 0 Å². The minimum Gasteiger partial charge on any atom is -0.383 e. The lowest BCUT2D eigenvalue weighted by Gasteiger charge is -2.10. The van der Waals surface area contributed by atoms with Crippen LogP contribution in [0, 0.1) is 5.92 Å². The molecule has 1 heterocycles. The summed E-state index contributed by atoms with van der Waals surface area (Å²) in [5.41, 5.74) is 0.348. The number of hydrogen-bond donors (Lipinski definition) is 2. The molecule has 0 atom stereocenters. The maximum atomic E-state index is 12.1. The molecule has 0 saturated heterocycles. The first-order valence-corrected chi connectivity index (χ1v) is 7.66. The number of anilines is 1. The molecule has 0 bridgehead atoms. The van der Waals surface area contributed by atoms with Gasteiger partial charge in [0.05, 0.1) is 25.0 Å². The molecular weight excluding hydrogens is 340 g/mol. The number of rotatable bonds is 8. The predicted octanol–water partition coefficient (Wildman–Crippen LogP) is 0.590. The number of carbonyl (C=O) groups is 1. The van der Waals surface area contributed by atoms with E-state index < -0.39 is 0 Å². The molecule has 0 aliphatic heterocycles.